The Morgan fingerprint density at radius 1 is 1.26 bits per heavy atom. The van der Waals surface area contributed by atoms with E-state index in [9.17, 15) is 9.59 Å². The fraction of sp³-hybridized carbons (Fsp3) is 0.875. The maximum absolute atomic E-state index is 12.0. The van der Waals surface area contributed by atoms with Gasteiger partial charge in [0.15, 0.2) is 0 Å². The van der Waals surface area contributed by atoms with Crippen LogP contribution in [-0.2, 0) is 9.59 Å². The Balaban J connectivity index is 0.00000264. The van der Waals surface area contributed by atoms with Crippen LogP contribution in [0.4, 0.5) is 0 Å². The molecular formula is C16H31ClN4O2. The van der Waals surface area contributed by atoms with Gasteiger partial charge in [-0.05, 0) is 58.5 Å². The number of amides is 2. The number of piperidine rings is 1. The maximum Gasteiger partial charge on any atom is 0.237 e. The highest BCUT2D eigenvalue weighted by Gasteiger charge is 2.25. The van der Waals surface area contributed by atoms with E-state index in [4.69, 9.17) is 0 Å². The predicted octanol–water partition coefficient (Wildman–Crippen LogP) is 0.513. The summed E-state index contributed by atoms with van der Waals surface area (Å²) in [5, 5.41) is 9.23. The topological polar surface area (TPSA) is 73.5 Å². The van der Waals surface area contributed by atoms with Gasteiger partial charge in [0.25, 0.3) is 0 Å². The van der Waals surface area contributed by atoms with E-state index in [0.29, 0.717) is 12.5 Å². The van der Waals surface area contributed by atoms with Crippen LogP contribution in [0.15, 0.2) is 0 Å². The third kappa shape index (κ3) is 7.06. The SMILES string of the molecule is CC(C)NC(=O)CN1CCCC(CNC(=O)C2CCCN2)C1.Cl. The highest BCUT2D eigenvalue weighted by atomic mass is 35.5. The Morgan fingerprint density at radius 2 is 2.04 bits per heavy atom. The summed E-state index contributed by atoms with van der Waals surface area (Å²) in [7, 11) is 0. The normalized spacial score (nSPS) is 25.0. The lowest BCUT2D eigenvalue weighted by atomic mass is 9.98. The number of hydrogen-bond donors (Lipinski definition) is 3. The molecular weight excluding hydrogens is 316 g/mol. The second kappa shape index (κ2) is 10.1. The molecule has 3 N–H and O–H groups in total. The molecule has 2 saturated heterocycles. The van der Waals surface area contributed by atoms with Crippen molar-refractivity contribution in [2.24, 2.45) is 5.92 Å². The van der Waals surface area contributed by atoms with E-state index in [2.05, 4.69) is 20.9 Å². The molecule has 0 bridgehead atoms. The molecule has 134 valence electrons. The van der Waals surface area contributed by atoms with Crippen LogP contribution in [0.3, 0.4) is 0 Å². The molecule has 2 aliphatic rings. The van der Waals surface area contributed by atoms with E-state index in [1.807, 2.05) is 13.8 Å². The first-order valence-electron chi connectivity index (χ1n) is 8.57. The van der Waals surface area contributed by atoms with Gasteiger partial charge in [-0.2, -0.15) is 0 Å². The van der Waals surface area contributed by atoms with Crippen LogP contribution >= 0.6 is 12.4 Å². The Morgan fingerprint density at radius 3 is 2.70 bits per heavy atom. The molecule has 0 aromatic heterocycles. The van der Waals surface area contributed by atoms with Gasteiger partial charge in [0, 0.05) is 19.1 Å². The van der Waals surface area contributed by atoms with Crippen LogP contribution in [0, 0.1) is 5.92 Å². The molecule has 6 nitrogen and oxygen atoms in total. The third-order valence-electron chi connectivity index (χ3n) is 4.36. The van der Waals surface area contributed by atoms with Crippen molar-refractivity contribution in [1.82, 2.24) is 20.9 Å². The smallest absolute Gasteiger partial charge is 0.237 e. The number of hydrogen-bond acceptors (Lipinski definition) is 4. The number of nitrogens with zero attached hydrogens (tertiary/aromatic N) is 1. The van der Waals surface area contributed by atoms with Gasteiger partial charge in [0.05, 0.1) is 12.6 Å². The molecule has 0 radical (unpaired) electrons. The Bertz CT molecular complexity index is 386. The van der Waals surface area contributed by atoms with E-state index in [1.54, 1.807) is 0 Å². The Labute approximate surface area is 145 Å². The first-order valence-corrected chi connectivity index (χ1v) is 8.57. The van der Waals surface area contributed by atoms with Crippen LogP contribution in [0.2, 0.25) is 0 Å². The molecule has 0 spiro atoms. The number of carbonyl (C=O) groups is 2. The van der Waals surface area contributed by atoms with Gasteiger partial charge in [0.2, 0.25) is 11.8 Å². The monoisotopic (exact) mass is 346 g/mol. The van der Waals surface area contributed by atoms with Gasteiger partial charge in [-0.3, -0.25) is 14.5 Å². The van der Waals surface area contributed by atoms with Gasteiger partial charge in [0.1, 0.15) is 0 Å². The van der Waals surface area contributed by atoms with Crippen LogP contribution in [0.25, 0.3) is 0 Å². The Hall–Kier alpha value is -0.850. The molecule has 0 aromatic carbocycles. The highest BCUT2D eigenvalue weighted by molar-refractivity contribution is 5.85. The number of likely N-dealkylation sites (tertiary alicyclic amines) is 1. The zero-order valence-electron chi connectivity index (χ0n) is 14.3. The van der Waals surface area contributed by atoms with Crippen LogP contribution in [0.5, 0.6) is 0 Å². The minimum atomic E-state index is -0.00323. The summed E-state index contributed by atoms with van der Waals surface area (Å²) in [6, 6.07) is 0.183. The van der Waals surface area contributed by atoms with E-state index in [-0.39, 0.29) is 36.3 Å². The molecule has 23 heavy (non-hydrogen) atoms. The van der Waals surface area contributed by atoms with Crippen molar-refractivity contribution in [2.75, 3.05) is 32.7 Å². The molecule has 0 aromatic rings. The summed E-state index contributed by atoms with van der Waals surface area (Å²) in [5.41, 5.74) is 0. The summed E-state index contributed by atoms with van der Waals surface area (Å²) >= 11 is 0. The van der Waals surface area contributed by atoms with Crippen molar-refractivity contribution in [2.45, 2.75) is 51.6 Å². The third-order valence-corrected chi connectivity index (χ3v) is 4.36. The summed E-state index contributed by atoms with van der Waals surface area (Å²) in [4.78, 5) is 26.1. The average molecular weight is 347 g/mol. The second-order valence-electron chi connectivity index (χ2n) is 6.86. The molecule has 0 saturated carbocycles. The number of nitrogens with one attached hydrogen (secondary N) is 3. The summed E-state index contributed by atoms with van der Waals surface area (Å²) < 4.78 is 0. The lowest BCUT2D eigenvalue weighted by Crippen LogP contribution is -2.47. The molecule has 2 fully saturated rings. The van der Waals surface area contributed by atoms with Crippen molar-refractivity contribution < 1.29 is 9.59 Å². The minimum Gasteiger partial charge on any atom is -0.354 e. The number of halogens is 1. The highest BCUT2D eigenvalue weighted by Crippen LogP contribution is 2.15. The zero-order valence-corrected chi connectivity index (χ0v) is 15.1. The summed E-state index contributed by atoms with van der Waals surface area (Å²) in [5.74, 6) is 0.674. The largest absolute Gasteiger partial charge is 0.354 e. The van der Waals surface area contributed by atoms with E-state index >= 15 is 0 Å². The zero-order chi connectivity index (χ0) is 15.9. The van der Waals surface area contributed by atoms with Crippen molar-refractivity contribution in [1.29, 1.82) is 0 Å². The van der Waals surface area contributed by atoms with Gasteiger partial charge in [-0.1, -0.05) is 0 Å². The van der Waals surface area contributed by atoms with Gasteiger partial charge >= 0.3 is 0 Å². The predicted molar refractivity (Wildman–Crippen MR) is 93.7 cm³/mol. The quantitative estimate of drug-likeness (QED) is 0.655. The number of rotatable bonds is 6. The molecule has 2 unspecified atom stereocenters. The van der Waals surface area contributed by atoms with Crippen molar-refractivity contribution in [3.05, 3.63) is 0 Å². The second-order valence-corrected chi connectivity index (χ2v) is 6.86. The maximum atomic E-state index is 12.0. The molecule has 0 aliphatic carbocycles. The molecule has 2 aliphatic heterocycles. The van der Waals surface area contributed by atoms with Crippen molar-refractivity contribution in [3.63, 3.8) is 0 Å². The summed E-state index contributed by atoms with van der Waals surface area (Å²) in [6.45, 7) is 7.95. The Kier molecular flexibility index (Phi) is 8.87. The van der Waals surface area contributed by atoms with Crippen LogP contribution in [0.1, 0.15) is 39.5 Å². The fourth-order valence-electron chi connectivity index (χ4n) is 3.31. The van der Waals surface area contributed by atoms with Crippen LogP contribution < -0.4 is 16.0 Å². The van der Waals surface area contributed by atoms with Crippen LogP contribution in [-0.4, -0.2) is 61.5 Å². The lowest BCUT2D eigenvalue weighted by molar-refractivity contribution is -0.124. The van der Waals surface area contributed by atoms with E-state index in [0.717, 1.165) is 51.9 Å². The van der Waals surface area contributed by atoms with Gasteiger partial charge < -0.3 is 16.0 Å². The van der Waals surface area contributed by atoms with Crippen molar-refractivity contribution >= 4 is 24.2 Å². The van der Waals surface area contributed by atoms with E-state index < -0.39 is 0 Å². The van der Waals surface area contributed by atoms with Gasteiger partial charge in [-0.25, -0.2) is 0 Å². The lowest BCUT2D eigenvalue weighted by Gasteiger charge is -2.32. The molecule has 2 amide bonds. The standard InChI is InChI=1S/C16H30N4O2.ClH/c1-12(2)19-15(21)11-20-8-4-5-13(10-20)9-18-16(22)14-6-3-7-17-14;/h12-14,17H,3-11H2,1-2H3,(H,18,22)(H,19,21);1H. The summed E-state index contributed by atoms with van der Waals surface area (Å²) in [6.07, 6.45) is 4.25. The first kappa shape index (κ1) is 20.2. The van der Waals surface area contributed by atoms with Gasteiger partial charge in [-0.15, -0.1) is 12.4 Å². The number of carbonyl (C=O) groups excluding carboxylic acids is 2. The molecule has 2 atom stereocenters. The molecule has 7 heteroatoms. The molecule has 2 heterocycles. The minimum absolute atomic E-state index is 0. The fourth-order valence-corrected chi connectivity index (χ4v) is 3.31. The average Bonchev–Trinajstić information content (AvgIpc) is 2.98. The van der Waals surface area contributed by atoms with E-state index in [1.165, 1.54) is 0 Å². The van der Waals surface area contributed by atoms with Crippen molar-refractivity contribution in [3.8, 4) is 0 Å². The molecule has 2 rings (SSSR count). The first-order chi connectivity index (χ1) is 10.5.